The second kappa shape index (κ2) is 12.5. The molecule has 2 saturated carbocycles. The fourth-order valence-corrected chi connectivity index (χ4v) is 8.87. The summed E-state index contributed by atoms with van der Waals surface area (Å²) in [7, 11) is -3.97. The number of hydrogen-bond acceptors (Lipinski definition) is 8. The number of anilines is 1. The van der Waals surface area contributed by atoms with Crippen molar-refractivity contribution in [3.05, 3.63) is 69.1 Å². The lowest BCUT2D eigenvalue weighted by Gasteiger charge is -2.31. The van der Waals surface area contributed by atoms with Gasteiger partial charge in [-0.3, -0.25) is 9.59 Å². The monoisotopic (exact) mass is 691 g/mol. The van der Waals surface area contributed by atoms with E-state index in [4.69, 9.17) is 37.2 Å². The molecule has 7 rings (SSSR count). The second-order valence-corrected chi connectivity index (χ2v) is 15.0. The molecule has 3 heterocycles. The number of sulfonamides is 1. The summed E-state index contributed by atoms with van der Waals surface area (Å²) in [6.45, 7) is 1.11. The molecular weight excluding hydrogens is 660 g/mol. The van der Waals surface area contributed by atoms with Gasteiger partial charge in [-0.2, -0.15) is 0 Å². The molecule has 46 heavy (non-hydrogen) atoms. The van der Waals surface area contributed by atoms with Crippen molar-refractivity contribution in [3.63, 3.8) is 0 Å². The third-order valence-corrected chi connectivity index (χ3v) is 11.4. The number of carbonyl (C=O) groups excluding carboxylic acids is 2. The largest absolute Gasteiger partial charge is 0.381 e. The van der Waals surface area contributed by atoms with Gasteiger partial charge in [0.2, 0.25) is 15.9 Å². The van der Waals surface area contributed by atoms with Crippen LogP contribution in [0.25, 0.3) is 11.3 Å². The van der Waals surface area contributed by atoms with E-state index in [2.05, 4.69) is 5.16 Å². The van der Waals surface area contributed by atoms with Gasteiger partial charge in [-0.1, -0.05) is 34.4 Å². The number of hydrogen-bond donors (Lipinski definition) is 1. The molecule has 4 aliphatic rings. The van der Waals surface area contributed by atoms with Gasteiger partial charge in [-0.25, -0.2) is 17.5 Å². The second-order valence-electron chi connectivity index (χ2n) is 12.5. The molecule has 0 unspecified atom stereocenters. The van der Waals surface area contributed by atoms with Crippen LogP contribution in [0.5, 0.6) is 0 Å². The van der Waals surface area contributed by atoms with Crippen LogP contribution in [0.1, 0.15) is 66.1 Å². The maximum Gasteiger partial charge on any atom is 0.267 e. The van der Waals surface area contributed by atoms with Crippen LogP contribution >= 0.6 is 23.2 Å². The van der Waals surface area contributed by atoms with Gasteiger partial charge in [0.1, 0.15) is 17.3 Å². The first-order valence-electron chi connectivity index (χ1n) is 15.4. The lowest BCUT2D eigenvalue weighted by molar-refractivity contribution is -0.126. The summed E-state index contributed by atoms with van der Waals surface area (Å²) in [5, 5.41) is 5.20. The number of aromatic nitrogens is 1. The summed E-state index contributed by atoms with van der Waals surface area (Å²) in [5.74, 6) is -1.94. The van der Waals surface area contributed by atoms with Crippen LogP contribution in [0.3, 0.4) is 0 Å². The molecule has 2 aromatic carbocycles. The van der Waals surface area contributed by atoms with Crippen LogP contribution in [-0.2, 0) is 30.9 Å². The van der Waals surface area contributed by atoms with Gasteiger partial charge in [0.15, 0.2) is 0 Å². The minimum atomic E-state index is -3.97. The summed E-state index contributed by atoms with van der Waals surface area (Å²) in [6.07, 6.45) is 3.86. The van der Waals surface area contributed by atoms with E-state index < -0.39 is 33.2 Å². The molecule has 2 aliphatic heterocycles. The van der Waals surface area contributed by atoms with Crippen molar-refractivity contribution in [1.29, 1.82) is 0 Å². The first-order valence-corrected chi connectivity index (χ1v) is 17.8. The van der Waals surface area contributed by atoms with E-state index >= 15 is 4.39 Å². The van der Waals surface area contributed by atoms with Crippen molar-refractivity contribution in [2.75, 3.05) is 23.9 Å². The van der Waals surface area contributed by atoms with Crippen LogP contribution in [0, 0.1) is 17.7 Å². The zero-order valence-electron chi connectivity index (χ0n) is 24.7. The first kappa shape index (κ1) is 31.6. The molecule has 0 radical (unpaired) electrons. The van der Waals surface area contributed by atoms with Crippen molar-refractivity contribution in [1.82, 2.24) is 9.88 Å². The number of piperidine rings is 1. The SMILES string of the molecule is O=C(NS(=O)(=O)CC1CCOCC1)c1ccc(N2C(=O)[C@@H]3C[C@H]2C[C@H]3OCc2c(-c3c(Cl)cccc3Cl)noc2C2CC2)cc1F. The van der Waals surface area contributed by atoms with Gasteiger partial charge in [-0.05, 0) is 74.8 Å². The van der Waals surface area contributed by atoms with Crippen LogP contribution in [0.4, 0.5) is 10.1 Å². The topological polar surface area (TPSA) is 128 Å². The number of benzene rings is 2. The molecule has 2 bridgehead atoms. The third-order valence-electron chi connectivity index (χ3n) is 9.33. The van der Waals surface area contributed by atoms with Crippen molar-refractivity contribution in [2.24, 2.45) is 11.8 Å². The molecule has 2 saturated heterocycles. The van der Waals surface area contributed by atoms with E-state index in [1.54, 1.807) is 23.1 Å². The summed E-state index contributed by atoms with van der Waals surface area (Å²) in [4.78, 5) is 27.7. The Morgan fingerprint density at radius 3 is 2.50 bits per heavy atom. The van der Waals surface area contributed by atoms with Crippen molar-refractivity contribution < 1.29 is 36.4 Å². The number of carbonyl (C=O) groups is 2. The van der Waals surface area contributed by atoms with E-state index in [1.807, 2.05) is 4.72 Å². The molecule has 10 nitrogen and oxygen atoms in total. The molecule has 2 amide bonds. The highest BCUT2D eigenvalue weighted by Crippen LogP contribution is 2.48. The average Bonchev–Trinajstić information content (AvgIpc) is 3.51. The Labute approximate surface area is 275 Å². The molecular formula is C32H32Cl2FN3O7S. The van der Waals surface area contributed by atoms with Gasteiger partial charge in [-0.15, -0.1) is 0 Å². The number of rotatable bonds is 10. The Morgan fingerprint density at radius 1 is 1.09 bits per heavy atom. The number of nitrogens with zero attached hydrogens (tertiary/aromatic N) is 2. The van der Waals surface area contributed by atoms with Crippen molar-refractivity contribution in [3.8, 4) is 11.3 Å². The lowest BCUT2D eigenvalue weighted by atomic mass is 10.0. The minimum Gasteiger partial charge on any atom is -0.381 e. The van der Waals surface area contributed by atoms with E-state index in [0.717, 1.165) is 30.2 Å². The maximum atomic E-state index is 15.2. The fraction of sp³-hybridized carbons (Fsp3) is 0.469. The van der Waals surface area contributed by atoms with Gasteiger partial charge >= 0.3 is 0 Å². The highest BCUT2D eigenvalue weighted by atomic mass is 35.5. The Morgan fingerprint density at radius 2 is 1.83 bits per heavy atom. The molecule has 14 heteroatoms. The Kier molecular flexibility index (Phi) is 8.60. The van der Waals surface area contributed by atoms with E-state index in [-0.39, 0.29) is 42.2 Å². The smallest absolute Gasteiger partial charge is 0.267 e. The highest BCUT2D eigenvalue weighted by Gasteiger charge is 2.52. The average molecular weight is 693 g/mol. The van der Waals surface area contributed by atoms with Gasteiger partial charge in [0.25, 0.3) is 5.91 Å². The molecule has 3 atom stereocenters. The number of fused-ring (bicyclic) bond motifs is 2. The molecule has 3 aromatic rings. The van der Waals surface area contributed by atoms with Crippen molar-refractivity contribution in [2.45, 2.75) is 63.2 Å². The third kappa shape index (κ3) is 6.17. The quantitative estimate of drug-likeness (QED) is 0.280. The standard InChI is InChI=1S/C32H32Cl2FN3O7S/c33-24-2-1-3-25(34)28(24)29-23(30(45-36-29)18-4-5-18)15-44-27-14-20-12-22(27)32(40)38(20)19-6-7-21(26(35)13-19)31(39)37-46(41,42)16-17-8-10-43-11-9-17/h1-3,6-7,13,17-18,20,22,27H,4-5,8-12,14-16H2,(H,37,39)/t20-,22+,27+/m0/s1. The normalized spacial score (nSPS) is 23.3. The first-order chi connectivity index (χ1) is 22.1. The molecule has 0 spiro atoms. The van der Waals surface area contributed by atoms with E-state index in [0.29, 0.717) is 65.9 Å². The zero-order chi connectivity index (χ0) is 32.2. The minimum absolute atomic E-state index is 0.129. The lowest BCUT2D eigenvalue weighted by Crippen LogP contribution is -2.43. The summed E-state index contributed by atoms with van der Waals surface area (Å²) in [6, 6.07) is 8.80. The number of nitrogens with one attached hydrogen (secondary N) is 1. The molecule has 244 valence electrons. The molecule has 1 aromatic heterocycles. The van der Waals surface area contributed by atoms with Crippen LogP contribution in [0.2, 0.25) is 10.0 Å². The Bertz CT molecular complexity index is 1770. The number of ether oxygens (including phenoxy) is 2. The predicted molar refractivity (Wildman–Crippen MR) is 168 cm³/mol. The Balaban J connectivity index is 1.02. The summed E-state index contributed by atoms with van der Waals surface area (Å²) < 4.78 is 59.6. The van der Waals surface area contributed by atoms with Gasteiger partial charge in [0.05, 0.1) is 40.0 Å². The Hall–Kier alpha value is -3.03. The maximum absolute atomic E-state index is 15.2. The number of halogens is 3. The molecule has 4 fully saturated rings. The van der Waals surface area contributed by atoms with Crippen molar-refractivity contribution >= 4 is 50.7 Å². The molecule has 2 aliphatic carbocycles. The highest BCUT2D eigenvalue weighted by molar-refractivity contribution is 7.90. The van der Waals surface area contributed by atoms with Gasteiger partial charge in [0, 0.05) is 42.0 Å². The van der Waals surface area contributed by atoms with Crippen LogP contribution in [-0.4, -0.2) is 56.5 Å². The van der Waals surface area contributed by atoms with E-state index in [1.165, 1.54) is 12.1 Å². The summed E-state index contributed by atoms with van der Waals surface area (Å²) >= 11 is 13.0. The zero-order valence-corrected chi connectivity index (χ0v) is 27.0. The van der Waals surface area contributed by atoms with Crippen LogP contribution in [0.15, 0.2) is 40.9 Å². The van der Waals surface area contributed by atoms with Crippen LogP contribution < -0.4 is 9.62 Å². The summed E-state index contributed by atoms with van der Waals surface area (Å²) in [5.41, 5.74) is 1.78. The van der Waals surface area contributed by atoms with Gasteiger partial charge < -0.3 is 18.9 Å². The predicted octanol–water partition coefficient (Wildman–Crippen LogP) is 5.86. The molecule has 1 N–H and O–H groups in total. The van der Waals surface area contributed by atoms with E-state index in [9.17, 15) is 18.0 Å². The fourth-order valence-electron chi connectivity index (χ4n) is 6.86. The number of amides is 2.